The molecule has 2 aromatic heterocycles. The van der Waals surface area contributed by atoms with Crippen molar-refractivity contribution in [3.8, 4) is 0 Å². The van der Waals surface area contributed by atoms with Crippen LogP contribution in [-0.2, 0) is 23.2 Å². The highest BCUT2D eigenvalue weighted by atomic mass is 16.2. The molecule has 0 unspecified atom stereocenters. The van der Waals surface area contributed by atoms with Crippen LogP contribution in [0.15, 0.2) is 42.9 Å². The topological polar surface area (TPSA) is 93.8 Å². The number of carbonyl (C=O) groups is 2. The van der Waals surface area contributed by atoms with Gasteiger partial charge in [-0.2, -0.15) is 5.10 Å². The first-order chi connectivity index (χ1) is 11.6. The second-order valence-corrected chi connectivity index (χ2v) is 5.36. The molecule has 0 saturated carbocycles. The maximum atomic E-state index is 11.8. The van der Waals surface area contributed by atoms with E-state index in [1.807, 2.05) is 28.8 Å². The van der Waals surface area contributed by atoms with Crippen LogP contribution in [0.4, 0.5) is 5.82 Å². The minimum atomic E-state index is -0.721. The van der Waals surface area contributed by atoms with Crippen LogP contribution in [0.25, 0.3) is 11.0 Å². The molecule has 124 valence electrons. The number of aryl methyl sites for hydroxylation is 2. The SMILES string of the molecule is Cn1ccc(NC(=O)C(=O)NCCCn2cnc3ccccc32)n1. The Kier molecular flexibility index (Phi) is 4.55. The van der Waals surface area contributed by atoms with Crippen LogP contribution in [0.1, 0.15) is 6.42 Å². The molecule has 1 aromatic carbocycles. The number of imidazole rings is 1. The lowest BCUT2D eigenvalue weighted by Crippen LogP contribution is -2.36. The van der Waals surface area contributed by atoms with Gasteiger partial charge in [0.05, 0.1) is 17.4 Å². The Morgan fingerprint density at radius 1 is 1.17 bits per heavy atom. The van der Waals surface area contributed by atoms with Gasteiger partial charge in [0.15, 0.2) is 5.82 Å². The van der Waals surface area contributed by atoms with Crippen molar-refractivity contribution in [2.45, 2.75) is 13.0 Å². The second-order valence-electron chi connectivity index (χ2n) is 5.36. The van der Waals surface area contributed by atoms with Crippen LogP contribution >= 0.6 is 0 Å². The summed E-state index contributed by atoms with van der Waals surface area (Å²) < 4.78 is 3.57. The van der Waals surface area contributed by atoms with E-state index in [1.54, 1.807) is 30.3 Å². The summed E-state index contributed by atoms with van der Waals surface area (Å²) in [6.07, 6.45) is 4.16. The monoisotopic (exact) mass is 326 g/mol. The summed E-state index contributed by atoms with van der Waals surface area (Å²) in [5.41, 5.74) is 1.99. The van der Waals surface area contributed by atoms with Gasteiger partial charge in [0.2, 0.25) is 0 Å². The highest BCUT2D eigenvalue weighted by molar-refractivity contribution is 6.39. The van der Waals surface area contributed by atoms with E-state index in [2.05, 4.69) is 20.7 Å². The number of para-hydroxylation sites is 2. The number of carbonyl (C=O) groups excluding carboxylic acids is 2. The van der Waals surface area contributed by atoms with Gasteiger partial charge < -0.3 is 15.2 Å². The van der Waals surface area contributed by atoms with E-state index in [1.165, 1.54) is 0 Å². The van der Waals surface area contributed by atoms with Crippen LogP contribution in [0.3, 0.4) is 0 Å². The first-order valence-corrected chi connectivity index (χ1v) is 7.62. The van der Waals surface area contributed by atoms with Crippen LogP contribution in [0.5, 0.6) is 0 Å². The van der Waals surface area contributed by atoms with Crippen molar-refractivity contribution in [2.75, 3.05) is 11.9 Å². The molecule has 2 N–H and O–H groups in total. The van der Waals surface area contributed by atoms with E-state index in [-0.39, 0.29) is 0 Å². The number of nitrogens with one attached hydrogen (secondary N) is 2. The van der Waals surface area contributed by atoms with Crippen molar-refractivity contribution < 1.29 is 9.59 Å². The van der Waals surface area contributed by atoms with Crippen LogP contribution in [0, 0.1) is 0 Å². The molecule has 8 nitrogen and oxygen atoms in total. The molecule has 2 heterocycles. The Labute approximate surface area is 138 Å². The molecular weight excluding hydrogens is 308 g/mol. The van der Waals surface area contributed by atoms with Gasteiger partial charge in [-0.15, -0.1) is 0 Å². The molecule has 0 spiro atoms. The Balaban J connectivity index is 1.44. The molecule has 0 bridgehead atoms. The minimum absolute atomic E-state index is 0.350. The predicted molar refractivity (Wildman–Crippen MR) is 89.2 cm³/mol. The zero-order valence-electron chi connectivity index (χ0n) is 13.3. The minimum Gasteiger partial charge on any atom is -0.348 e. The fourth-order valence-electron chi connectivity index (χ4n) is 2.37. The largest absolute Gasteiger partial charge is 0.348 e. The molecule has 0 radical (unpaired) electrons. The van der Waals surface area contributed by atoms with Crippen molar-refractivity contribution in [3.63, 3.8) is 0 Å². The lowest BCUT2D eigenvalue weighted by molar-refractivity contribution is -0.136. The lowest BCUT2D eigenvalue weighted by atomic mass is 10.3. The fourth-order valence-corrected chi connectivity index (χ4v) is 2.37. The van der Waals surface area contributed by atoms with E-state index >= 15 is 0 Å². The number of aromatic nitrogens is 4. The van der Waals surface area contributed by atoms with Gasteiger partial charge in [0.25, 0.3) is 0 Å². The number of fused-ring (bicyclic) bond motifs is 1. The van der Waals surface area contributed by atoms with Gasteiger partial charge in [-0.1, -0.05) is 12.1 Å². The quantitative estimate of drug-likeness (QED) is 0.538. The van der Waals surface area contributed by atoms with E-state index in [0.717, 1.165) is 11.0 Å². The second kappa shape index (κ2) is 6.95. The summed E-state index contributed by atoms with van der Waals surface area (Å²) in [4.78, 5) is 27.8. The zero-order valence-corrected chi connectivity index (χ0v) is 13.3. The summed E-state index contributed by atoms with van der Waals surface area (Å²) in [6, 6.07) is 9.48. The number of hydrogen-bond donors (Lipinski definition) is 2. The molecule has 3 aromatic rings. The number of nitrogens with zero attached hydrogens (tertiary/aromatic N) is 4. The molecule has 2 amide bonds. The van der Waals surface area contributed by atoms with Gasteiger partial charge >= 0.3 is 11.8 Å². The predicted octanol–water partition coefficient (Wildman–Crippen LogP) is 0.915. The summed E-state index contributed by atoms with van der Waals surface area (Å²) in [5, 5.41) is 9.03. The highest BCUT2D eigenvalue weighted by Crippen LogP contribution is 2.11. The first-order valence-electron chi connectivity index (χ1n) is 7.62. The summed E-state index contributed by atoms with van der Waals surface area (Å²) >= 11 is 0. The van der Waals surface area contributed by atoms with Gasteiger partial charge in [0, 0.05) is 32.4 Å². The van der Waals surface area contributed by atoms with Gasteiger partial charge in [-0.25, -0.2) is 4.98 Å². The number of hydrogen-bond acceptors (Lipinski definition) is 4. The molecule has 24 heavy (non-hydrogen) atoms. The van der Waals surface area contributed by atoms with E-state index in [4.69, 9.17) is 0 Å². The number of benzene rings is 1. The molecule has 3 rings (SSSR count). The molecule has 0 aliphatic carbocycles. The molecule has 0 saturated heterocycles. The van der Waals surface area contributed by atoms with E-state index in [9.17, 15) is 9.59 Å². The van der Waals surface area contributed by atoms with E-state index < -0.39 is 11.8 Å². The third-order valence-electron chi connectivity index (χ3n) is 3.55. The fraction of sp³-hybridized carbons (Fsp3) is 0.250. The third kappa shape index (κ3) is 3.60. The molecule has 0 fully saturated rings. The molecule has 0 aliphatic heterocycles. The average molecular weight is 326 g/mol. The Hall–Kier alpha value is -3.16. The van der Waals surface area contributed by atoms with Gasteiger partial charge in [-0.05, 0) is 18.6 Å². The van der Waals surface area contributed by atoms with Crippen LogP contribution in [0.2, 0.25) is 0 Å². The summed E-state index contributed by atoms with van der Waals surface area (Å²) in [7, 11) is 1.73. The molecular formula is C16H18N6O2. The van der Waals surface area contributed by atoms with Crippen LogP contribution < -0.4 is 10.6 Å². The van der Waals surface area contributed by atoms with E-state index in [0.29, 0.717) is 25.3 Å². The van der Waals surface area contributed by atoms with Crippen molar-refractivity contribution in [1.82, 2.24) is 24.6 Å². The van der Waals surface area contributed by atoms with Crippen LogP contribution in [-0.4, -0.2) is 37.7 Å². The first kappa shape index (κ1) is 15.7. The standard InChI is InChI=1S/C16H18N6O2/c1-21-10-7-14(20-21)19-16(24)15(23)17-8-4-9-22-11-18-12-5-2-3-6-13(12)22/h2-3,5-7,10-11H,4,8-9H2,1H3,(H,17,23)(H,19,20,24). The normalized spacial score (nSPS) is 10.7. The van der Waals surface area contributed by atoms with Crippen molar-refractivity contribution >= 4 is 28.7 Å². The molecule has 0 aliphatic rings. The van der Waals surface area contributed by atoms with Gasteiger partial charge in [0.1, 0.15) is 0 Å². The number of anilines is 1. The Bertz CT molecular complexity index is 866. The molecule has 0 atom stereocenters. The maximum Gasteiger partial charge on any atom is 0.314 e. The highest BCUT2D eigenvalue weighted by Gasteiger charge is 2.14. The van der Waals surface area contributed by atoms with Crippen molar-refractivity contribution in [3.05, 3.63) is 42.9 Å². The van der Waals surface area contributed by atoms with Crippen molar-refractivity contribution in [1.29, 1.82) is 0 Å². The lowest BCUT2D eigenvalue weighted by Gasteiger charge is -2.06. The number of rotatable bonds is 5. The summed E-state index contributed by atoms with van der Waals surface area (Å²) in [6.45, 7) is 1.11. The third-order valence-corrected chi connectivity index (χ3v) is 3.55. The Morgan fingerprint density at radius 3 is 2.79 bits per heavy atom. The Morgan fingerprint density at radius 2 is 2.00 bits per heavy atom. The van der Waals surface area contributed by atoms with Crippen molar-refractivity contribution in [2.24, 2.45) is 7.05 Å². The maximum absolute atomic E-state index is 11.8. The zero-order chi connectivity index (χ0) is 16.9. The average Bonchev–Trinajstić information content (AvgIpc) is 3.17. The smallest absolute Gasteiger partial charge is 0.314 e. The van der Waals surface area contributed by atoms with Gasteiger partial charge in [-0.3, -0.25) is 14.3 Å². The molecule has 8 heteroatoms. The summed E-state index contributed by atoms with van der Waals surface area (Å²) in [5.74, 6) is -1.04. The number of amides is 2.